The van der Waals surface area contributed by atoms with Crippen molar-refractivity contribution in [3.8, 4) is 11.5 Å². The molecule has 0 saturated carbocycles. The number of anilines is 1. The molecule has 0 radical (unpaired) electrons. The zero-order valence-electron chi connectivity index (χ0n) is 15.2. The fraction of sp³-hybridized carbons (Fsp3) is 0.143. The van der Waals surface area contributed by atoms with Crippen molar-refractivity contribution >= 4 is 68.0 Å². The number of hydrogen-bond acceptors (Lipinski definition) is 3. The maximum atomic E-state index is 6.27. The van der Waals surface area contributed by atoms with Crippen LogP contribution in [0.2, 0.25) is 20.1 Å². The van der Waals surface area contributed by atoms with Gasteiger partial charge in [-0.25, -0.2) is 0 Å². The van der Waals surface area contributed by atoms with Gasteiger partial charge in [-0.05, 0) is 42.5 Å². The van der Waals surface area contributed by atoms with Crippen molar-refractivity contribution in [2.75, 3.05) is 12.4 Å². The lowest BCUT2D eigenvalue weighted by atomic mass is 10.1. The first-order valence-corrected chi connectivity index (χ1v) is 10.8. The van der Waals surface area contributed by atoms with Crippen molar-refractivity contribution in [1.82, 2.24) is 0 Å². The van der Waals surface area contributed by atoms with Crippen molar-refractivity contribution in [3.05, 3.63) is 84.2 Å². The number of methoxy groups -OCH3 is 1. The van der Waals surface area contributed by atoms with E-state index >= 15 is 0 Å². The van der Waals surface area contributed by atoms with Crippen LogP contribution in [0.1, 0.15) is 11.1 Å². The number of rotatable bonds is 7. The summed E-state index contributed by atoms with van der Waals surface area (Å²) in [4.78, 5) is 0. The molecule has 0 unspecified atom stereocenters. The van der Waals surface area contributed by atoms with Gasteiger partial charge in [0.15, 0.2) is 11.5 Å². The van der Waals surface area contributed by atoms with Gasteiger partial charge in [0.1, 0.15) is 6.61 Å². The normalized spacial score (nSPS) is 10.7. The molecule has 3 rings (SSSR count). The second kappa shape index (κ2) is 10.1. The minimum Gasteiger partial charge on any atom is -0.493 e. The second-order valence-electron chi connectivity index (χ2n) is 6.06. The molecular formula is C21H16BrCl4NO2. The zero-order valence-corrected chi connectivity index (χ0v) is 19.8. The third kappa shape index (κ3) is 5.65. The van der Waals surface area contributed by atoms with Crippen LogP contribution in [0.4, 0.5) is 5.69 Å². The first-order chi connectivity index (χ1) is 13.9. The maximum absolute atomic E-state index is 6.27. The highest BCUT2D eigenvalue weighted by atomic mass is 79.9. The van der Waals surface area contributed by atoms with E-state index in [1.54, 1.807) is 31.4 Å². The summed E-state index contributed by atoms with van der Waals surface area (Å²) >= 11 is 27.9. The Labute approximate surface area is 197 Å². The summed E-state index contributed by atoms with van der Waals surface area (Å²) in [6.45, 7) is 0.738. The Balaban J connectivity index is 1.85. The molecule has 0 atom stereocenters. The lowest BCUT2D eigenvalue weighted by Crippen LogP contribution is -2.06. The van der Waals surface area contributed by atoms with Crippen molar-refractivity contribution < 1.29 is 9.47 Å². The first kappa shape index (κ1) is 22.4. The van der Waals surface area contributed by atoms with E-state index in [2.05, 4.69) is 21.2 Å². The predicted octanol–water partition coefficient (Wildman–Crippen LogP) is 8.26. The molecule has 0 aromatic heterocycles. The van der Waals surface area contributed by atoms with E-state index < -0.39 is 0 Å². The molecule has 3 aromatic carbocycles. The van der Waals surface area contributed by atoms with E-state index in [0.717, 1.165) is 21.3 Å². The van der Waals surface area contributed by atoms with Crippen LogP contribution in [-0.2, 0) is 13.2 Å². The molecule has 0 spiro atoms. The smallest absolute Gasteiger partial charge is 0.167 e. The molecule has 0 aliphatic rings. The first-order valence-electron chi connectivity index (χ1n) is 8.50. The molecule has 0 fully saturated rings. The van der Waals surface area contributed by atoms with Gasteiger partial charge in [0.05, 0.1) is 17.2 Å². The summed E-state index contributed by atoms with van der Waals surface area (Å²) in [5, 5.41) is 5.43. The van der Waals surface area contributed by atoms with E-state index in [1.165, 1.54) is 0 Å². The van der Waals surface area contributed by atoms with Crippen molar-refractivity contribution in [3.63, 3.8) is 0 Å². The summed E-state index contributed by atoms with van der Waals surface area (Å²) in [5.74, 6) is 1.23. The number of nitrogens with one attached hydrogen (secondary N) is 1. The predicted molar refractivity (Wildman–Crippen MR) is 125 cm³/mol. The Morgan fingerprint density at radius 1 is 0.897 bits per heavy atom. The minimum absolute atomic E-state index is 0.266. The topological polar surface area (TPSA) is 30.5 Å². The largest absolute Gasteiger partial charge is 0.493 e. The number of hydrogen-bond donors (Lipinski definition) is 1. The molecule has 0 aliphatic heterocycles. The van der Waals surface area contributed by atoms with Crippen LogP contribution in [-0.4, -0.2) is 7.11 Å². The minimum atomic E-state index is 0.266. The lowest BCUT2D eigenvalue weighted by molar-refractivity contribution is 0.281. The van der Waals surface area contributed by atoms with E-state index in [-0.39, 0.29) is 6.61 Å². The van der Waals surface area contributed by atoms with Gasteiger partial charge >= 0.3 is 0 Å². The number of benzene rings is 3. The zero-order chi connectivity index (χ0) is 21.0. The third-order valence-corrected chi connectivity index (χ3v) is 6.23. The molecule has 8 heteroatoms. The molecule has 3 aromatic rings. The van der Waals surface area contributed by atoms with Crippen LogP contribution < -0.4 is 14.8 Å². The van der Waals surface area contributed by atoms with Crippen molar-refractivity contribution in [1.29, 1.82) is 0 Å². The third-order valence-electron chi connectivity index (χ3n) is 4.16. The van der Waals surface area contributed by atoms with Crippen LogP contribution in [0.5, 0.6) is 11.5 Å². The summed E-state index contributed by atoms with van der Waals surface area (Å²) < 4.78 is 12.5. The van der Waals surface area contributed by atoms with Crippen LogP contribution in [0.15, 0.2) is 53.0 Å². The monoisotopic (exact) mass is 533 g/mol. The molecule has 0 amide bonds. The summed E-state index contributed by atoms with van der Waals surface area (Å²) in [7, 11) is 1.60. The molecule has 0 bridgehead atoms. The summed E-state index contributed by atoms with van der Waals surface area (Å²) in [6.07, 6.45) is 0. The Morgan fingerprint density at radius 3 is 2.38 bits per heavy atom. The molecule has 3 nitrogen and oxygen atoms in total. The Hall–Kier alpha value is -1.30. The van der Waals surface area contributed by atoms with Gasteiger partial charge in [0, 0.05) is 37.9 Å². The SMILES string of the molecule is COc1ccc(Br)c(CNc2ccc(Cl)c(Cl)c2)c1OCc1ccc(Cl)cc1Cl. The van der Waals surface area contributed by atoms with Crippen LogP contribution in [0.25, 0.3) is 0 Å². The quantitative estimate of drug-likeness (QED) is 0.330. The van der Waals surface area contributed by atoms with Gasteiger partial charge in [-0.3, -0.25) is 0 Å². The lowest BCUT2D eigenvalue weighted by Gasteiger charge is -2.18. The summed E-state index contributed by atoms with van der Waals surface area (Å²) in [6, 6.07) is 14.4. The maximum Gasteiger partial charge on any atom is 0.167 e. The Bertz CT molecular complexity index is 1030. The Kier molecular flexibility index (Phi) is 7.83. The summed E-state index contributed by atoms with van der Waals surface area (Å²) in [5.41, 5.74) is 2.54. The van der Waals surface area contributed by atoms with Gasteiger partial charge < -0.3 is 14.8 Å². The standard InChI is InChI=1S/C21H16BrCl4NO2/c1-28-20-7-5-16(22)15(10-27-14-4-6-17(24)19(26)9-14)21(20)29-11-12-2-3-13(23)8-18(12)25/h2-9,27H,10-11H2,1H3. The average Bonchev–Trinajstić information content (AvgIpc) is 2.69. The molecular weight excluding hydrogens is 520 g/mol. The van der Waals surface area contributed by atoms with Crippen molar-refractivity contribution in [2.45, 2.75) is 13.2 Å². The fourth-order valence-electron chi connectivity index (χ4n) is 2.65. The molecule has 152 valence electrons. The number of ether oxygens (including phenoxy) is 2. The number of halogens is 5. The van der Waals surface area contributed by atoms with E-state index in [1.807, 2.05) is 24.3 Å². The van der Waals surface area contributed by atoms with Crippen LogP contribution in [0.3, 0.4) is 0 Å². The molecule has 29 heavy (non-hydrogen) atoms. The second-order valence-corrected chi connectivity index (χ2v) is 8.58. The van der Waals surface area contributed by atoms with Crippen molar-refractivity contribution in [2.24, 2.45) is 0 Å². The Morgan fingerprint density at radius 2 is 1.69 bits per heavy atom. The van der Waals surface area contributed by atoms with Gasteiger partial charge in [0.2, 0.25) is 0 Å². The van der Waals surface area contributed by atoms with E-state index in [0.29, 0.717) is 38.1 Å². The van der Waals surface area contributed by atoms with Gasteiger partial charge in [0.25, 0.3) is 0 Å². The fourth-order valence-corrected chi connectivity index (χ4v) is 3.86. The molecule has 1 N–H and O–H groups in total. The highest BCUT2D eigenvalue weighted by Crippen LogP contribution is 2.38. The van der Waals surface area contributed by atoms with Gasteiger partial charge in [-0.1, -0.05) is 68.4 Å². The van der Waals surface area contributed by atoms with E-state index in [4.69, 9.17) is 55.9 Å². The average molecular weight is 536 g/mol. The van der Waals surface area contributed by atoms with Crippen LogP contribution in [0, 0.1) is 0 Å². The molecule has 0 saturated heterocycles. The highest BCUT2D eigenvalue weighted by Gasteiger charge is 2.16. The van der Waals surface area contributed by atoms with Gasteiger partial charge in [-0.2, -0.15) is 0 Å². The highest BCUT2D eigenvalue weighted by molar-refractivity contribution is 9.10. The molecule has 0 heterocycles. The molecule has 0 aliphatic carbocycles. The van der Waals surface area contributed by atoms with Crippen LogP contribution >= 0.6 is 62.3 Å². The van der Waals surface area contributed by atoms with E-state index in [9.17, 15) is 0 Å². The van der Waals surface area contributed by atoms with Gasteiger partial charge in [-0.15, -0.1) is 0 Å².